The number of allylic oxidation sites excluding steroid dienone is 2. The van der Waals surface area contributed by atoms with Gasteiger partial charge in [0.15, 0.2) is 0 Å². The van der Waals surface area contributed by atoms with Gasteiger partial charge in [-0.15, -0.1) is 0 Å². The van der Waals surface area contributed by atoms with Gasteiger partial charge in [-0.25, -0.2) is 0 Å². The largest absolute Gasteiger partial charge is 0.368 e. The van der Waals surface area contributed by atoms with E-state index in [4.69, 9.17) is 5.73 Å². The minimum atomic E-state index is 0.0826. The number of hydrogen-bond acceptors (Lipinski definition) is 3. The van der Waals surface area contributed by atoms with Crippen molar-refractivity contribution in [3.8, 4) is 0 Å². The van der Waals surface area contributed by atoms with Crippen molar-refractivity contribution >= 4 is 11.3 Å². The molecule has 0 radical (unpaired) electrons. The highest BCUT2D eigenvalue weighted by molar-refractivity contribution is 5.78. The first kappa shape index (κ1) is 22.4. The zero-order valence-corrected chi connectivity index (χ0v) is 19.5. The van der Waals surface area contributed by atoms with Crippen LogP contribution >= 0.6 is 0 Å². The summed E-state index contributed by atoms with van der Waals surface area (Å²) in [6, 6.07) is 7.05. The summed E-state index contributed by atoms with van der Waals surface area (Å²) in [4.78, 5) is 5.24. The molecule has 162 valence electrons. The first-order valence-electron chi connectivity index (χ1n) is 11.9. The van der Waals surface area contributed by atoms with Crippen molar-refractivity contribution in [3.63, 3.8) is 0 Å². The summed E-state index contributed by atoms with van der Waals surface area (Å²) in [6.07, 6.45) is 8.83. The number of anilines is 1. The van der Waals surface area contributed by atoms with Gasteiger partial charge in [-0.2, -0.15) is 0 Å². The van der Waals surface area contributed by atoms with Crippen molar-refractivity contribution in [2.45, 2.75) is 72.8 Å². The molecule has 1 aliphatic carbocycles. The minimum absolute atomic E-state index is 0.0826. The van der Waals surface area contributed by atoms with E-state index in [0.29, 0.717) is 5.41 Å². The Bertz CT molecular complexity index is 690. The van der Waals surface area contributed by atoms with E-state index in [9.17, 15) is 0 Å². The number of hydrogen-bond donors (Lipinski definition) is 1. The van der Waals surface area contributed by atoms with E-state index in [-0.39, 0.29) is 6.04 Å². The topological polar surface area (TPSA) is 32.5 Å². The van der Waals surface area contributed by atoms with Crippen LogP contribution in [-0.4, -0.2) is 37.6 Å². The third kappa shape index (κ3) is 5.64. The van der Waals surface area contributed by atoms with Crippen molar-refractivity contribution in [2.24, 2.45) is 17.1 Å². The van der Waals surface area contributed by atoms with Crippen LogP contribution in [0.4, 0.5) is 5.69 Å². The van der Waals surface area contributed by atoms with Crippen molar-refractivity contribution in [1.82, 2.24) is 4.90 Å². The first-order valence-corrected chi connectivity index (χ1v) is 11.9. The number of piperazine rings is 1. The van der Waals surface area contributed by atoms with Crippen LogP contribution in [0.3, 0.4) is 0 Å². The van der Waals surface area contributed by atoms with E-state index in [1.165, 1.54) is 68.6 Å². The number of unbranched alkanes of at least 4 members (excludes halogenated alkanes) is 1. The van der Waals surface area contributed by atoms with Gasteiger partial charge in [-0.3, -0.25) is 4.90 Å². The Balaban J connectivity index is 1.81. The highest BCUT2D eigenvalue weighted by Crippen LogP contribution is 2.42. The second-order valence-electron chi connectivity index (χ2n) is 10.3. The second-order valence-corrected chi connectivity index (χ2v) is 10.3. The van der Waals surface area contributed by atoms with Crippen LogP contribution in [0.1, 0.15) is 83.9 Å². The maximum Gasteiger partial charge on any atom is 0.0446 e. The molecular weight excluding hydrogens is 354 g/mol. The van der Waals surface area contributed by atoms with E-state index in [0.717, 1.165) is 19.0 Å². The van der Waals surface area contributed by atoms with Gasteiger partial charge in [-0.05, 0) is 67.7 Å². The van der Waals surface area contributed by atoms with Gasteiger partial charge < -0.3 is 10.6 Å². The van der Waals surface area contributed by atoms with Crippen molar-refractivity contribution in [3.05, 3.63) is 35.4 Å². The highest BCUT2D eigenvalue weighted by Gasteiger charge is 2.28. The maximum atomic E-state index is 6.24. The zero-order chi connectivity index (χ0) is 21.0. The number of rotatable bonds is 6. The Labute approximate surface area is 179 Å². The Morgan fingerprint density at radius 1 is 1.14 bits per heavy atom. The van der Waals surface area contributed by atoms with Crippen LogP contribution in [-0.2, 0) is 0 Å². The molecule has 2 N–H and O–H groups in total. The average Bonchev–Trinajstić information content (AvgIpc) is 2.71. The standard InChI is InChI=1S/C26H43N3/c1-6-7-14-28-15-17-29(18-16-28)25-19-22(20(2)27)10-13-24(25)21-8-11-23(12-9-21)26(3,4)5/h8,10,13,19-20,23H,6-7,9,11-12,14-18,27H2,1-5H3. The quantitative estimate of drug-likeness (QED) is 0.653. The highest BCUT2D eigenvalue weighted by atomic mass is 15.3. The summed E-state index contributed by atoms with van der Waals surface area (Å²) in [5, 5.41) is 0. The molecule has 29 heavy (non-hydrogen) atoms. The van der Waals surface area contributed by atoms with Gasteiger partial charge in [-0.1, -0.05) is 52.3 Å². The van der Waals surface area contributed by atoms with Crippen molar-refractivity contribution < 1.29 is 0 Å². The Morgan fingerprint density at radius 2 is 1.86 bits per heavy atom. The van der Waals surface area contributed by atoms with E-state index < -0.39 is 0 Å². The third-order valence-electron chi connectivity index (χ3n) is 7.07. The van der Waals surface area contributed by atoms with Gasteiger partial charge in [0.1, 0.15) is 0 Å². The summed E-state index contributed by atoms with van der Waals surface area (Å²) in [5.74, 6) is 0.792. The summed E-state index contributed by atoms with van der Waals surface area (Å²) in [6.45, 7) is 17.4. The minimum Gasteiger partial charge on any atom is -0.368 e. The lowest BCUT2D eigenvalue weighted by Gasteiger charge is -2.38. The first-order chi connectivity index (χ1) is 13.8. The molecule has 3 heteroatoms. The van der Waals surface area contributed by atoms with Crippen molar-refractivity contribution in [2.75, 3.05) is 37.6 Å². The van der Waals surface area contributed by atoms with Gasteiger partial charge >= 0.3 is 0 Å². The van der Waals surface area contributed by atoms with Crippen LogP contribution in [0.15, 0.2) is 24.3 Å². The molecule has 2 atom stereocenters. The van der Waals surface area contributed by atoms with E-state index in [2.05, 4.69) is 68.7 Å². The molecule has 0 spiro atoms. The molecule has 1 fully saturated rings. The zero-order valence-electron chi connectivity index (χ0n) is 19.5. The molecule has 1 aromatic carbocycles. The smallest absolute Gasteiger partial charge is 0.0446 e. The predicted octanol–water partition coefficient (Wildman–Crippen LogP) is 5.86. The number of benzene rings is 1. The third-order valence-corrected chi connectivity index (χ3v) is 7.07. The molecule has 1 aliphatic heterocycles. The summed E-state index contributed by atoms with van der Waals surface area (Å²) >= 11 is 0. The van der Waals surface area contributed by atoms with Crippen LogP contribution in [0.5, 0.6) is 0 Å². The van der Waals surface area contributed by atoms with Gasteiger partial charge in [0.25, 0.3) is 0 Å². The van der Waals surface area contributed by atoms with Crippen LogP contribution in [0, 0.1) is 11.3 Å². The molecule has 0 aromatic heterocycles. The fraction of sp³-hybridized carbons (Fsp3) is 0.692. The van der Waals surface area contributed by atoms with Gasteiger partial charge in [0.2, 0.25) is 0 Å². The van der Waals surface area contributed by atoms with Crippen molar-refractivity contribution in [1.29, 1.82) is 0 Å². The van der Waals surface area contributed by atoms with Crippen LogP contribution in [0.2, 0.25) is 0 Å². The Morgan fingerprint density at radius 3 is 2.41 bits per heavy atom. The lowest BCUT2D eigenvalue weighted by Crippen LogP contribution is -2.47. The molecular formula is C26H43N3. The molecule has 3 nitrogen and oxygen atoms in total. The molecule has 3 rings (SSSR count). The number of nitrogens with zero attached hydrogens (tertiary/aromatic N) is 2. The fourth-order valence-electron chi connectivity index (χ4n) is 4.82. The SMILES string of the molecule is CCCCN1CCN(c2cc(C(C)N)ccc2C2=CCC(C(C)(C)C)CC2)CC1. The van der Waals surface area contributed by atoms with E-state index in [1.807, 2.05) is 0 Å². The normalized spacial score (nSPS) is 22.5. The summed E-state index contributed by atoms with van der Waals surface area (Å²) < 4.78 is 0. The lowest BCUT2D eigenvalue weighted by atomic mass is 9.72. The Hall–Kier alpha value is -1.32. The van der Waals surface area contributed by atoms with Gasteiger partial charge in [0.05, 0.1) is 0 Å². The summed E-state index contributed by atoms with van der Waals surface area (Å²) in [5.41, 5.74) is 12.3. The molecule has 1 heterocycles. The second kappa shape index (κ2) is 9.66. The molecule has 2 aliphatic rings. The van der Waals surface area contributed by atoms with Crippen LogP contribution in [0.25, 0.3) is 5.57 Å². The molecule has 1 aromatic rings. The van der Waals surface area contributed by atoms with Crippen LogP contribution < -0.4 is 10.6 Å². The van der Waals surface area contributed by atoms with E-state index in [1.54, 1.807) is 5.57 Å². The number of nitrogens with two attached hydrogens (primary N) is 1. The molecule has 0 amide bonds. The average molecular weight is 398 g/mol. The maximum absolute atomic E-state index is 6.24. The monoisotopic (exact) mass is 397 g/mol. The molecule has 1 saturated heterocycles. The van der Waals surface area contributed by atoms with E-state index >= 15 is 0 Å². The summed E-state index contributed by atoms with van der Waals surface area (Å²) in [7, 11) is 0. The lowest BCUT2D eigenvalue weighted by molar-refractivity contribution is 0.225. The molecule has 2 unspecified atom stereocenters. The fourth-order valence-corrected chi connectivity index (χ4v) is 4.82. The predicted molar refractivity (Wildman–Crippen MR) is 127 cm³/mol. The Kier molecular flexibility index (Phi) is 7.45. The molecule has 0 bridgehead atoms. The molecule has 0 saturated carbocycles. The van der Waals surface area contributed by atoms with Gasteiger partial charge in [0, 0.05) is 43.5 Å².